The van der Waals surface area contributed by atoms with E-state index in [4.69, 9.17) is 14.2 Å². The first-order chi connectivity index (χ1) is 12.0. The van der Waals surface area contributed by atoms with Gasteiger partial charge in [0, 0.05) is 30.6 Å². The lowest BCUT2D eigenvalue weighted by Gasteiger charge is -2.08. The van der Waals surface area contributed by atoms with Crippen molar-refractivity contribution in [3.05, 3.63) is 30.0 Å². The summed E-state index contributed by atoms with van der Waals surface area (Å²) in [4.78, 5) is 25.6. The van der Waals surface area contributed by atoms with Crippen LogP contribution >= 0.6 is 0 Å². The highest BCUT2D eigenvalue weighted by Crippen LogP contribution is 2.26. The van der Waals surface area contributed by atoms with Gasteiger partial charge in [-0.05, 0) is 38.2 Å². The molecule has 0 unspecified atom stereocenters. The Bertz CT molecular complexity index is 751. The average Bonchev–Trinajstić information content (AvgIpc) is 2.97. The van der Waals surface area contributed by atoms with Gasteiger partial charge >= 0.3 is 12.1 Å². The van der Waals surface area contributed by atoms with Gasteiger partial charge in [0.15, 0.2) is 0 Å². The summed E-state index contributed by atoms with van der Waals surface area (Å²) in [7, 11) is 5.57. The fraction of sp³-hybridized carbons (Fsp3) is 0.444. The molecule has 2 rings (SSSR count). The number of nitrogens with zero attached hydrogens (tertiary/aromatic N) is 2. The summed E-state index contributed by atoms with van der Waals surface area (Å²) in [6.45, 7) is 2.13. The predicted molar refractivity (Wildman–Crippen MR) is 93.9 cm³/mol. The lowest BCUT2D eigenvalue weighted by molar-refractivity contribution is -0.151. The van der Waals surface area contributed by atoms with Crippen molar-refractivity contribution in [1.29, 1.82) is 0 Å². The van der Waals surface area contributed by atoms with Gasteiger partial charge in [0.05, 0.1) is 12.6 Å². The second kappa shape index (κ2) is 8.53. The van der Waals surface area contributed by atoms with Gasteiger partial charge in [-0.3, -0.25) is 9.36 Å². The normalized spacial score (nSPS) is 10.9. The summed E-state index contributed by atoms with van der Waals surface area (Å²) in [5.41, 5.74) is 1.73. The van der Waals surface area contributed by atoms with Crippen molar-refractivity contribution in [3.63, 3.8) is 0 Å². The molecular weight excluding hydrogens is 324 g/mol. The molecule has 1 aromatic heterocycles. The number of carbonyl (C=O) groups is 2. The summed E-state index contributed by atoms with van der Waals surface area (Å²) < 4.78 is 16.5. The third kappa shape index (κ3) is 4.73. The fourth-order valence-electron chi connectivity index (χ4n) is 2.42. The quantitative estimate of drug-likeness (QED) is 0.566. The minimum atomic E-state index is -0.599. The lowest BCUT2D eigenvalue weighted by atomic mass is 10.1. The van der Waals surface area contributed by atoms with Crippen LogP contribution in [0.15, 0.2) is 24.4 Å². The molecule has 0 amide bonds. The molecule has 0 spiro atoms. The highest BCUT2D eigenvalue weighted by molar-refractivity contribution is 5.92. The Morgan fingerprint density at radius 2 is 1.96 bits per heavy atom. The van der Waals surface area contributed by atoms with Crippen molar-refractivity contribution in [1.82, 2.24) is 9.47 Å². The number of fused-ring (bicyclic) bond motifs is 1. The first kappa shape index (κ1) is 18.8. The molecule has 1 heterocycles. The van der Waals surface area contributed by atoms with E-state index >= 15 is 0 Å². The van der Waals surface area contributed by atoms with Crippen LogP contribution in [0.3, 0.4) is 0 Å². The van der Waals surface area contributed by atoms with Crippen LogP contribution in [0.25, 0.3) is 10.9 Å². The molecule has 0 bridgehead atoms. The van der Waals surface area contributed by atoms with Crippen LogP contribution in [-0.4, -0.2) is 56.1 Å². The summed E-state index contributed by atoms with van der Waals surface area (Å²) >= 11 is 0. The second-order valence-electron chi connectivity index (χ2n) is 5.86. The molecular formula is C18H24N2O5. The largest absolute Gasteiger partial charge is 0.497 e. The van der Waals surface area contributed by atoms with E-state index in [1.807, 2.05) is 26.2 Å². The number of ether oxygens (including phenoxy) is 3. The van der Waals surface area contributed by atoms with E-state index in [0.29, 0.717) is 11.3 Å². The molecule has 136 valence electrons. The van der Waals surface area contributed by atoms with Crippen LogP contribution in [0.2, 0.25) is 0 Å². The van der Waals surface area contributed by atoms with Crippen LogP contribution in [0, 0.1) is 0 Å². The van der Waals surface area contributed by atoms with Crippen molar-refractivity contribution in [2.75, 3.05) is 34.5 Å². The molecule has 0 aliphatic heterocycles. The molecule has 0 saturated carbocycles. The van der Waals surface area contributed by atoms with E-state index in [-0.39, 0.29) is 6.42 Å². The van der Waals surface area contributed by atoms with Crippen LogP contribution < -0.4 is 4.74 Å². The van der Waals surface area contributed by atoms with E-state index in [2.05, 4.69) is 4.90 Å². The molecule has 2 aromatic rings. The van der Waals surface area contributed by atoms with E-state index in [1.54, 1.807) is 26.3 Å². The van der Waals surface area contributed by atoms with E-state index < -0.39 is 18.9 Å². The Hall–Kier alpha value is -2.54. The zero-order valence-corrected chi connectivity index (χ0v) is 15.1. The van der Waals surface area contributed by atoms with Gasteiger partial charge in [0.1, 0.15) is 5.75 Å². The van der Waals surface area contributed by atoms with E-state index in [0.717, 1.165) is 23.9 Å². The van der Waals surface area contributed by atoms with Gasteiger partial charge in [-0.1, -0.05) is 6.92 Å². The predicted octanol–water partition coefficient (Wildman–Crippen LogP) is 2.65. The number of aromatic nitrogens is 1. The van der Waals surface area contributed by atoms with Crippen molar-refractivity contribution >= 4 is 23.0 Å². The molecule has 0 saturated heterocycles. The molecule has 0 aliphatic carbocycles. The Kier molecular flexibility index (Phi) is 6.41. The maximum atomic E-state index is 12.4. The highest BCUT2D eigenvalue weighted by atomic mass is 16.7. The number of benzene rings is 1. The summed E-state index contributed by atoms with van der Waals surface area (Å²) in [6, 6.07) is 5.58. The average molecular weight is 348 g/mol. The zero-order chi connectivity index (χ0) is 18.4. The summed E-state index contributed by atoms with van der Waals surface area (Å²) in [5, 5.41) is 0.963. The fourth-order valence-corrected chi connectivity index (χ4v) is 2.42. The third-order valence-corrected chi connectivity index (χ3v) is 3.81. The number of rotatable bonds is 7. The molecule has 0 atom stereocenters. The number of hydrogen-bond donors (Lipinski definition) is 0. The van der Waals surface area contributed by atoms with E-state index in [1.165, 1.54) is 4.57 Å². The molecule has 0 N–H and O–H groups in total. The van der Waals surface area contributed by atoms with Crippen LogP contribution in [-0.2, 0) is 20.7 Å². The molecule has 0 radical (unpaired) electrons. The van der Waals surface area contributed by atoms with Crippen LogP contribution in [0.5, 0.6) is 5.75 Å². The maximum absolute atomic E-state index is 12.4. The highest BCUT2D eigenvalue weighted by Gasteiger charge is 2.16. The Labute approximate surface area is 147 Å². The van der Waals surface area contributed by atoms with Gasteiger partial charge in [-0.25, -0.2) is 4.79 Å². The van der Waals surface area contributed by atoms with Gasteiger partial charge in [0.25, 0.3) is 0 Å². The van der Waals surface area contributed by atoms with Gasteiger partial charge in [0.2, 0.25) is 6.79 Å². The smallest absolute Gasteiger partial charge is 0.421 e. The zero-order valence-electron chi connectivity index (χ0n) is 15.1. The number of esters is 1. The van der Waals surface area contributed by atoms with Crippen LogP contribution in [0.1, 0.15) is 18.9 Å². The summed E-state index contributed by atoms with van der Waals surface area (Å²) in [5.74, 6) is 0.231. The molecule has 25 heavy (non-hydrogen) atoms. The second-order valence-corrected chi connectivity index (χ2v) is 5.86. The van der Waals surface area contributed by atoms with Crippen molar-refractivity contribution < 1.29 is 23.8 Å². The Morgan fingerprint density at radius 3 is 2.60 bits per heavy atom. The monoisotopic (exact) mass is 348 g/mol. The number of methoxy groups -OCH3 is 1. The van der Waals surface area contributed by atoms with Crippen molar-refractivity contribution in [3.8, 4) is 5.75 Å². The lowest BCUT2D eigenvalue weighted by Crippen LogP contribution is -2.17. The molecule has 1 aromatic carbocycles. The van der Waals surface area contributed by atoms with Gasteiger partial charge in [-0.2, -0.15) is 0 Å². The maximum Gasteiger partial charge on any atom is 0.421 e. The first-order valence-electron chi connectivity index (χ1n) is 8.11. The molecule has 0 aliphatic rings. The standard InChI is InChI=1S/C18H24N2O5/c1-5-17(21)24-12-25-18(22)20-11-13(8-9-19(2)3)15-7-6-14(23-4)10-16(15)20/h6-7,10-11H,5,8-9,12H2,1-4H3. The Morgan fingerprint density at radius 1 is 1.20 bits per heavy atom. The topological polar surface area (TPSA) is 70.0 Å². The molecule has 7 nitrogen and oxygen atoms in total. The molecule has 7 heteroatoms. The van der Waals surface area contributed by atoms with Crippen molar-refractivity contribution in [2.24, 2.45) is 0 Å². The SMILES string of the molecule is CCC(=O)OCOC(=O)n1cc(CCN(C)C)c2ccc(OC)cc21. The van der Waals surface area contributed by atoms with Gasteiger partial charge in [-0.15, -0.1) is 0 Å². The minimum Gasteiger partial charge on any atom is -0.497 e. The van der Waals surface area contributed by atoms with Crippen LogP contribution in [0.4, 0.5) is 4.79 Å². The minimum absolute atomic E-state index is 0.232. The Balaban J connectivity index is 2.27. The summed E-state index contributed by atoms with van der Waals surface area (Å²) in [6.07, 6.45) is 2.19. The van der Waals surface area contributed by atoms with Gasteiger partial charge < -0.3 is 19.1 Å². The van der Waals surface area contributed by atoms with E-state index in [9.17, 15) is 9.59 Å². The molecule has 0 fully saturated rings. The van der Waals surface area contributed by atoms with Crippen molar-refractivity contribution in [2.45, 2.75) is 19.8 Å². The third-order valence-electron chi connectivity index (χ3n) is 3.81. The first-order valence-corrected chi connectivity index (χ1v) is 8.11. The number of carbonyl (C=O) groups excluding carboxylic acids is 2. The number of hydrogen-bond acceptors (Lipinski definition) is 6. The number of likely N-dealkylation sites (N-methyl/N-ethyl adjacent to an activating group) is 1.